The van der Waals surface area contributed by atoms with Gasteiger partial charge in [0.05, 0.1) is 6.07 Å². The number of allylic oxidation sites excluding steroid dienone is 2. The normalized spacial score (nSPS) is 14.6. The zero-order chi connectivity index (χ0) is 10.8. The number of nitriles is 2. The molecule has 0 aromatic heterocycles. The van der Waals surface area contributed by atoms with Crippen LogP contribution in [0.1, 0.15) is 0 Å². The second-order valence-corrected chi connectivity index (χ2v) is 3.19. The number of rotatable bonds is 1. The Morgan fingerprint density at radius 3 is 1.60 bits per heavy atom. The first-order valence-corrected chi connectivity index (χ1v) is 5.10. The molecule has 0 heterocycles. The molecule has 0 unspecified atom stereocenters. The minimum Gasteiger partial charge on any atom is -0.763 e. The van der Waals surface area contributed by atoms with Crippen LogP contribution in [0.25, 0.3) is 0 Å². The molecule has 80 valence electrons. The van der Waals surface area contributed by atoms with Gasteiger partial charge in [-0.15, -0.1) is 18.0 Å². The summed E-state index contributed by atoms with van der Waals surface area (Å²) in [5, 5.41) is 16.4. The maximum absolute atomic E-state index is 8.25. The molecule has 0 amide bonds. The third kappa shape index (κ3) is 8.77. The quantitative estimate of drug-likeness (QED) is 0.240. The molecule has 0 aromatic carbocycles. The summed E-state index contributed by atoms with van der Waals surface area (Å²) in [6.07, 6.45) is 13.4. The Morgan fingerprint density at radius 2 is 1.47 bits per heavy atom. The molecule has 6 radical (unpaired) electrons. The van der Waals surface area contributed by atoms with Crippen molar-refractivity contribution in [2.75, 3.05) is 0 Å². The van der Waals surface area contributed by atoms with Crippen molar-refractivity contribution in [1.29, 1.82) is 10.5 Å². The van der Waals surface area contributed by atoms with Crippen LogP contribution in [0.3, 0.4) is 0 Å². The zero-order valence-electron chi connectivity index (χ0n) is 7.68. The average molecular weight is 279 g/mol. The van der Waals surface area contributed by atoms with Gasteiger partial charge < -0.3 is 12.6 Å². The molecule has 0 spiro atoms. The number of nitrogens with zero attached hydrogens (tertiary/aromatic N) is 2. The third-order valence-corrected chi connectivity index (χ3v) is 2.22. The SMILES string of the molecule is [CH2-][SH+]/C(C#N)=C(\[S-])C#N.[CH]1[CH][CH][CH][CH]1.[Co]. The Balaban J connectivity index is 0. The smallest absolute Gasteiger partial charge is 0.189 e. The number of thiol groups is 1. The molecule has 1 aliphatic carbocycles. The van der Waals surface area contributed by atoms with Gasteiger partial charge in [0, 0.05) is 16.8 Å². The molecule has 0 aromatic rings. The van der Waals surface area contributed by atoms with E-state index in [9.17, 15) is 0 Å². The zero-order valence-corrected chi connectivity index (χ0v) is 10.4. The Hall–Kier alpha value is -0.204. The van der Waals surface area contributed by atoms with Gasteiger partial charge in [0.1, 0.15) is 6.07 Å². The topological polar surface area (TPSA) is 47.6 Å². The molecule has 1 aliphatic rings. The van der Waals surface area contributed by atoms with Crippen molar-refractivity contribution in [2.24, 2.45) is 0 Å². The van der Waals surface area contributed by atoms with E-state index in [1.807, 2.05) is 32.1 Å². The molecule has 0 N–H and O–H groups in total. The van der Waals surface area contributed by atoms with Gasteiger partial charge in [-0.1, -0.05) is 0 Å². The van der Waals surface area contributed by atoms with Crippen LogP contribution in [0.4, 0.5) is 0 Å². The van der Waals surface area contributed by atoms with Gasteiger partial charge in [-0.3, -0.25) is 0 Å². The van der Waals surface area contributed by atoms with Crippen LogP contribution in [-0.4, -0.2) is 0 Å². The van der Waals surface area contributed by atoms with Crippen LogP contribution in [0.5, 0.6) is 0 Å². The van der Waals surface area contributed by atoms with Crippen molar-refractivity contribution in [3.8, 4) is 12.1 Å². The predicted octanol–water partition coefficient (Wildman–Crippen LogP) is 1.42. The third-order valence-electron chi connectivity index (χ3n) is 1.14. The molecular weight excluding hydrogens is 271 g/mol. The first kappa shape index (κ1) is 17.2. The predicted molar refractivity (Wildman–Crippen MR) is 61.2 cm³/mol. The van der Waals surface area contributed by atoms with Gasteiger partial charge in [0.25, 0.3) is 0 Å². The van der Waals surface area contributed by atoms with Gasteiger partial charge in [0.2, 0.25) is 0 Å². The summed E-state index contributed by atoms with van der Waals surface area (Å²) in [6.45, 7) is 0. The second-order valence-electron chi connectivity index (χ2n) is 2.02. The van der Waals surface area contributed by atoms with E-state index in [1.54, 1.807) is 12.1 Å². The van der Waals surface area contributed by atoms with Crippen LogP contribution < -0.4 is 0 Å². The molecule has 1 saturated carbocycles. The van der Waals surface area contributed by atoms with Crippen LogP contribution >= 0.6 is 0 Å². The van der Waals surface area contributed by atoms with Crippen molar-refractivity contribution in [2.45, 2.75) is 0 Å². The summed E-state index contributed by atoms with van der Waals surface area (Å²) in [4.78, 5) is 0.293. The second kappa shape index (κ2) is 11.9. The summed E-state index contributed by atoms with van der Waals surface area (Å²) in [6, 6.07) is 3.47. The van der Waals surface area contributed by atoms with E-state index in [-0.39, 0.29) is 26.6 Å². The molecule has 0 aliphatic heterocycles. The van der Waals surface area contributed by atoms with E-state index in [1.165, 1.54) is 0 Å². The largest absolute Gasteiger partial charge is 0.763 e. The molecule has 2 nitrogen and oxygen atoms in total. The van der Waals surface area contributed by atoms with Gasteiger partial charge in [-0.05, 0) is 37.0 Å². The maximum Gasteiger partial charge on any atom is 0.189 e. The van der Waals surface area contributed by atoms with Gasteiger partial charge in [0.15, 0.2) is 4.91 Å². The summed E-state index contributed by atoms with van der Waals surface area (Å²) in [5.41, 5.74) is 0. The molecule has 1 fully saturated rings. The Bertz CT molecular complexity index is 265. The van der Waals surface area contributed by atoms with Crippen molar-refractivity contribution in [1.82, 2.24) is 0 Å². The number of hydrogen-bond acceptors (Lipinski definition) is 3. The summed E-state index contributed by atoms with van der Waals surface area (Å²) in [7, 11) is 0. The van der Waals surface area contributed by atoms with Crippen molar-refractivity contribution in [3.63, 3.8) is 0 Å². The maximum atomic E-state index is 8.25. The monoisotopic (exact) mass is 279 g/mol. The summed E-state index contributed by atoms with van der Waals surface area (Å²) >= 11 is 5.02. The van der Waals surface area contributed by atoms with Crippen molar-refractivity contribution >= 4 is 24.4 Å². The van der Waals surface area contributed by atoms with Crippen molar-refractivity contribution in [3.05, 3.63) is 48.2 Å². The molecule has 1 rings (SSSR count). The number of hydrogen-bond donors (Lipinski definition) is 0. The van der Waals surface area contributed by atoms with Gasteiger partial charge in [-0.2, -0.15) is 10.5 Å². The van der Waals surface area contributed by atoms with E-state index in [2.05, 4.69) is 18.9 Å². The van der Waals surface area contributed by atoms with E-state index in [4.69, 9.17) is 10.5 Å². The Morgan fingerprint density at radius 1 is 1.07 bits per heavy atom. The van der Waals surface area contributed by atoms with E-state index in [0.29, 0.717) is 11.8 Å². The molecule has 5 heteroatoms. The van der Waals surface area contributed by atoms with Crippen LogP contribution in [0.2, 0.25) is 0 Å². The fraction of sp³-hybridized carbons (Fsp3) is 0. The van der Waals surface area contributed by atoms with E-state index < -0.39 is 0 Å². The Labute approximate surface area is 112 Å². The van der Waals surface area contributed by atoms with Gasteiger partial charge in [-0.25, -0.2) is 0 Å². The standard InChI is InChI=1S/C5H4N2S2.C5H5.Co/c1-9-5(3-7)4(8)2-6;1-2-4-5-3-1;/h8-9H,1H2;1-5H;/p-1/b5-4-;;. The van der Waals surface area contributed by atoms with E-state index >= 15 is 0 Å². The van der Waals surface area contributed by atoms with Crippen LogP contribution in [0.15, 0.2) is 9.81 Å². The minimum atomic E-state index is 0. The molecular formula is C10H8CoN2S2-. The molecule has 0 atom stereocenters. The minimum absolute atomic E-state index is 0. The molecule has 15 heavy (non-hydrogen) atoms. The summed E-state index contributed by atoms with van der Waals surface area (Å²) in [5.74, 6) is 0. The fourth-order valence-electron chi connectivity index (χ4n) is 0.532. The van der Waals surface area contributed by atoms with Gasteiger partial charge >= 0.3 is 0 Å². The first-order valence-electron chi connectivity index (χ1n) is 3.61. The van der Waals surface area contributed by atoms with E-state index in [0.717, 1.165) is 0 Å². The van der Waals surface area contributed by atoms with Crippen LogP contribution in [0, 0.1) is 61.0 Å². The Kier molecular flexibility index (Phi) is 13.6. The first-order chi connectivity index (χ1) is 6.76. The fourth-order valence-corrected chi connectivity index (χ4v) is 1.04. The molecule has 0 saturated heterocycles. The average Bonchev–Trinajstić information content (AvgIpc) is 2.77. The van der Waals surface area contributed by atoms with Crippen LogP contribution in [-0.2, 0) is 41.2 Å². The van der Waals surface area contributed by atoms with Crippen molar-refractivity contribution < 1.29 is 16.8 Å². The summed E-state index contributed by atoms with van der Waals surface area (Å²) < 4.78 is 0. The molecule has 0 bridgehead atoms.